The van der Waals surface area contributed by atoms with Gasteiger partial charge in [0.2, 0.25) is 0 Å². The number of hydrogen-bond acceptors (Lipinski definition) is 0. The first-order valence-electron chi connectivity index (χ1n) is 8.52. The van der Waals surface area contributed by atoms with E-state index >= 15 is 0 Å². The van der Waals surface area contributed by atoms with E-state index in [1.807, 2.05) is 0 Å². The van der Waals surface area contributed by atoms with Gasteiger partial charge in [-0.1, -0.05) is 66.7 Å². The highest BCUT2D eigenvalue weighted by molar-refractivity contribution is 5.52. The van der Waals surface area contributed by atoms with Crippen LogP contribution in [0.25, 0.3) is 6.08 Å². The van der Waals surface area contributed by atoms with Crippen molar-refractivity contribution in [3.63, 3.8) is 0 Å². The first-order valence-corrected chi connectivity index (χ1v) is 8.52. The number of hydrogen-bond donors (Lipinski definition) is 2. The zero-order chi connectivity index (χ0) is 16.5. The van der Waals surface area contributed by atoms with Crippen LogP contribution in [0.2, 0.25) is 0 Å². The van der Waals surface area contributed by atoms with Crippen molar-refractivity contribution in [2.24, 2.45) is 0 Å². The molecular formula is C21H30N2+2. The maximum absolute atomic E-state index is 2.31. The zero-order valence-electron chi connectivity index (χ0n) is 14.7. The van der Waals surface area contributed by atoms with E-state index in [9.17, 15) is 0 Å². The van der Waals surface area contributed by atoms with Crippen LogP contribution < -0.4 is 9.80 Å². The Labute approximate surface area is 141 Å². The van der Waals surface area contributed by atoms with Gasteiger partial charge in [0.05, 0.1) is 20.6 Å². The van der Waals surface area contributed by atoms with E-state index in [4.69, 9.17) is 0 Å². The van der Waals surface area contributed by atoms with Gasteiger partial charge in [0.1, 0.15) is 19.6 Å². The topological polar surface area (TPSA) is 8.88 Å². The first-order chi connectivity index (χ1) is 11.1. The van der Waals surface area contributed by atoms with Crippen molar-refractivity contribution in [2.45, 2.75) is 13.5 Å². The minimum Gasteiger partial charge on any atom is -0.335 e. The predicted molar refractivity (Wildman–Crippen MR) is 98.6 cm³/mol. The van der Waals surface area contributed by atoms with E-state index in [2.05, 4.69) is 87.8 Å². The fraction of sp³-hybridized carbons (Fsp3) is 0.333. The Morgan fingerprint density at radius 2 is 1.48 bits per heavy atom. The Kier molecular flexibility index (Phi) is 7.05. The van der Waals surface area contributed by atoms with Gasteiger partial charge in [0.25, 0.3) is 0 Å². The number of rotatable bonds is 8. The van der Waals surface area contributed by atoms with E-state index in [1.165, 1.54) is 34.7 Å². The third-order valence-electron chi connectivity index (χ3n) is 4.02. The van der Waals surface area contributed by atoms with Gasteiger partial charge in [-0.2, -0.15) is 0 Å². The summed E-state index contributed by atoms with van der Waals surface area (Å²) in [5.74, 6) is 0. The lowest BCUT2D eigenvalue weighted by molar-refractivity contribution is -0.947. The molecular weight excluding hydrogens is 280 g/mol. The smallest absolute Gasteiger partial charge is 0.127 e. The Morgan fingerprint density at radius 3 is 2.09 bits per heavy atom. The molecule has 2 heteroatoms. The van der Waals surface area contributed by atoms with E-state index in [-0.39, 0.29) is 0 Å². The fourth-order valence-electron chi connectivity index (χ4n) is 2.83. The monoisotopic (exact) mass is 310 g/mol. The van der Waals surface area contributed by atoms with Crippen LogP contribution in [0.5, 0.6) is 0 Å². The Hall–Kier alpha value is -1.90. The van der Waals surface area contributed by atoms with Crippen molar-refractivity contribution in [1.29, 1.82) is 0 Å². The molecule has 0 saturated carbocycles. The average molecular weight is 310 g/mol. The molecule has 0 aliphatic rings. The lowest BCUT2D eigenvalue weighted by Crippen LogP contribution is -3.17. The summed E-state index contributed by atoms with van der Waals surface area (Å²) >= 11 is 0. The van der Waals surface area contributed by atoms with Crippen LogP contribution in [0, 0.1) is 0 Å². The lowest BCUT2D eigenvalue weighted by Gasteiger charge is -2.21. The van der Waals surface area contributed by atoms with Crippen LogP contribution in [-0.4, -0.2) is 33.7 Å². The Morgan fingerprint density at radius 1 is 0.870 bits per heavy atom. The number of likely N-dealkylation sites (N-methyl/N-ethyl adjacent to an activating group) is 1. The van der Waals surface area contributed by atoms with Crippen LogP contribution in [0.4, 0.5) is 0 Å². The van der Waals surface area contributed by atoms with Gasteiger partial charge in [0, 0.05) is 5.56 Å². The Balaban J connectivity index is 2.02. The van der Waals surface area contributed by atoms with Crippen LogP contribution in [0.15, 0.2) is 66.2 Å². The van der Waals surface area contributed by atoms with Crippen molar-refractivity contribution in [3.05, 3.63) is 77.4 Å². The van der Waals surface area contributed by atoms with Gasteiger partial charge in [-0.15, -0.1) is 0 Å². The molecule has 2 N–H and O–H groups in total. The minimum absolute atomic E-state index is 1.09. The highest BCUT2D eigenvalue weighted by atomic mass is 15.2. The summed E-state index contributed by atoms with van der Waals surface area (Å²) in [4.78, 5) is 3.14. The van der Waals surface area contributed by atoms with Gasteiger partial charge >= 0.3 is 0 Å². The van der Waals surface area contributed by atoms with Crippen molar-refractivity contribution < 1.29 is 9.80 Å². The number of nitrogens with one attached hydrogen (secondary N) is 2. The summed E-state index contributed by atoms with van der Waals surface area (Å²) in [7, 11) is 4.46. The molecule has 0 spiro atoms. The molecule has 0 heterocycles. The van der Waals surface area contributed by atoms with Crippen molar-refractivity contribution >= 4 is 6.08 Å². The summed E-state index contributed by atoms with van der Waals surface area (Å²) < 4.78 is 0. The van der Waals surface area contributed by atoms with Crippen LogP contribution in [-0.2, 0) is 6.54 Å². The van der Waals surface area contributed by atoms with Crippen LogP contribution in [0.1, 0.15) is 18.1 Å². The second-order valence-corrected chi connectivity index (χ2v) is 6.70. The van der Waals surface area contributed by atoms with Gasteiger partial charge in [-0.3, -0.25) is 0 Å². The molecule has 0 aliphatic heterocycles. The van der Waals surface area contributed by atoms with E-state index in [0.717, 1.165) is 13.1 Å². The average Bonchev–Trinajstić information content (AvgIpc) is 2.54. The van der Waals surface area contributed by atoms with Crippen molar-refractivity contribution in [2.75, 3.05) is 33.7 Å². The SMILES string of the molecule is C/C(=C\c1ccccc1)C[NH+](CC[NH+](C)C)Cc1ccccc1. The first kappa shape index (κ1) is 17.5. The maximum Gasteiger partial charge on any atom is 0.127 e. The standard InChI is InChI=1S/C21H28N2/c1-19(16-20-10-6-4-7-11-20)17-23(15-14-22(2)3)18-21-12-8-5-9-13-21/h4-13,16H,14-15,17-18H2,1-3H3/p+2/b19-16+. The van der Waals surface area contributed by atoms with E-state index in [1.54, 1.807) is 4.90 Å². The lowest BCUT2D eigenvalue weighted by atomic mass is 10.1. The Bertz CT molecular complexity index is 588. The maximum atomic E-state index is 2.31. The molecule has 2 aromatic rings. The quantitative estimate of drug-likeness (QED) is 0.728. The molecule has 0 radical (unpaired) electrons. The normalized spacial score (nSPS) is 13.3. The van der Waals surface area contributed by atoms with Gasteiger partial charge in [-0.05, 0) is 18.1 Å². The summed E-state index contributed by atoms with van der Waals surface area (Å²) in [5, 5.41) is 0. The third kappa shape index (κ3) is 6.81. The molecule has 1 atom stereocenters. The van der Waals surface area contributed by atoms with Crippen molar-refractivity contribution in [3.8, 4) is 0 Å². The summed E-state index contributed by atoms with van der Waals surface area (Å²) in [5.41, 5.74) is 4.15. The second kappa shape index (κ2) is 9.29. The van der Waals surface area contributed by atoms with Crippen LogP contribution >= 0.6 is 0 Å². The third-order valence-corrected chi connectivity index (χ3v) is 4.02. The predicted octanol–water partition coefficient (Wildman–Crippen LogP) is 1.32. The number of benzene rings is 2. The zero-order valence-corrected chi connectivity index (χ0v) is 14.7. The molecule has 2 nitrogen and oxygen atoms in total. The fourth-order valence-corrected chi connectivity index (χ4v) is 2.83. The molecule has 2 aromatic carbocycles. The largest absolute Gasteiger partial charge is 0.335 e. The molecule has 0 amide bonds. The highest BCUT2D eigenvalue weighted by Crippen LogP contribution is 2.04. The van der Waals surface area contributed by atoms with Gasteiger partial charge in [-0.25, -0.2) is 0 Å². The molecule has 0 bridgehead atoms. The summed E-state index contributed by atoms with van der Waals surface area (Å²) in [6.07, 6.45) is 2.31. The second-order valence-electron chi connectivity index (χ2n) is 6.70. The highest BCUT2D eigenvalue weighted by Gasteiger charge is 2.12. The van der Waals surface area contributed by atoms with E-state index < -0.39 is 0 Å². The molecule has 1 unspecified atom stereocenters. The molecule has 0 fully saturated rings. The molecule has 0 aliphatic carbocycles. The van der Waals surface area contributed by atoms with Gasteiger partial charge < -0.3 is 9.80 Å². The molecule has 2 rings (SSSR count). The van der Waals surface area contributed by atoms with Crippen LogP contribution in [0.3, 0.4) is 0 Å². The van der Waals surface area contributed by atoms with Gasteiger partial charge in [0.15, 0.2) is 0 Å². The minimum atomic E-state index is 1.09. The summed E-state index contributed by atoms with van der Waals surface area (Å²) in [6.45, 7) is 6.82. The molecule has 0 aromatic heterocycles. The molecule has 122 valence electrons. The number of quaternary nitrogens is 2. The van der Waals surface area contributed by atoms with Crippen molar-refractivity contribution in [1.82, 2.24) is 0 Å². The summed E-state index contributed by atoms with van der Waals surface area (Å²) in [6, 6.07) is 21.4. The molecule has 0 saturated heterocycles. The van der Waals surface area contributed by atoms with E-state index in [0.29, 0.717) is 0 Å². The molecule has 23 heavy (non-hydrogen) atoms.